The second-order valence-corrected chi connectivity index (χ2v) is 25.6. The maximum atomic E-state index is 14.6. The van der Waals surface area contributed by atoms with E-state index in [-0.39, 0.29) is 17.8 Å². The third-order valence-electron chi connectivity index (χ3n) is 21.0. The normalized spacial score (nSPS) is 30.4. The van der Waals surface area contributed by atoms with Crippen LogP contribution in [0.25, 0.3) is 0 Å². The van der Waals surface area contributed by atoms with Crippen molar-refractivity contribution in [2.24, 2.45) is 53.3 Å². The van der Waals surface area contributed by atoms with Crippen LogP contribution in [-0.4, -0.2) is 0 Å². The summed E-state index contributed by atoms with van der Waals surface area (Å²) in [6, 6.07) is 10.9. The lowest BCUT2D eigenvalue weighted by molar-refractivity contribution is 0.156. The third-order valence-corrected chi connectivity index (χ3v) is 21.0. The van der Waals surface area contributed by atoms with Gasteiger partial charge in [0.15, 0.2) is 34.9 Å². The molecule has 75 heavy (non-hydrogen) atoms. The molecule has 0 spiro atoms. The Hall–Kier alpha value is -2.76. The highest BCUT2D eigenvalue weighted by Gasteiger charge is 2.36. The molecule has 6 saturated carbocycles. The average molecular weight is 1050 g/mol. The zero-order chi connectivity index (χ0) is 53.4. The van der Waals surface area contributed by atoms with Gasteiger partial charge in [-0.05, 0) is 240 Å². The van der Waals surface area contributed by atoms with Crippen LogP contribution in [0.5, 0.6) is 0 Å². The summed E-state index contributed by atoms with van der Waals surface area (Å²) in [6.45, 7) is 12.5. The Labute approximate surface area is 453 Å². The minimum absolute atomic E-state index is 0.216. The molecule has 6 fully saturated rings. The second-order valence-electron chi connectivity index (χ2n) is 25.6. The standard InChI is InChI=1S/C24H36F2.C23H34F2.C22H32F2/c1-3-5-17-7-9-18(10-8-17)19-11-13-20(14-12-19)22-16-15-21(6-4-2)23(25)24(22)26;1-3-5-20-14-15-21(23(25)22(20)24)19-12-10-18(11-13-19)17-8-6-16(4-2)7-9-17;1-3-4-16-6-8-17(9-7-16)18-10-12-19(13-11-18)20-14-5-15(2)21(23)22(20)24/h15-20H,3-14H2,1-2H3;14-19H,3-13H2,1-2H3;5,14,16-19H,3-4,6-13H2,1-2H3. The molecule has 0 unspecified atom stereocenters. The predicted octanol–water partition coefficient (Wildman–Crippen LogP) is 22.4. The van der Waals surface area contributed by atoms with Gasteiger partial charge >= 0.3 is 0 Å². The van der Waals surface area contributed by atoms with Crippen LogP contribution in [0.2, 0.25) is 0 Å². The highest BCUT2D eigenvalue weighted by Crippen LogP contribution is 2.48. The van der Waals surface area contributed by atoms with Crippen LogP contribution in [0.4, 0.5) is 26.3 Å². The van der Waals surface area contributed by atoms with E-state index in [1.807, 2.05) is 44.2 Å². The first-order valence-corrected chi connectivity index (χ1v) is 31.7. The summed E-state index contributed by atoms with van der Waals surface area (Å²) in [6.07, 6.45) is 39.9. The molecule has 9 rings (SSSR count). The number of halogens is 6. The monoisotopic (exact) mass is 1040 g/mol. The van der Waals surface area contributed by atoms with Gasteiger partial charge in [-0.3, -0.25) is 0 Å². The summed E-state index contributed by atoms with van der Waals surface area (Å²) in [5.74, 6) is 5.07. The molecular weight excluding hydrogens is 943 g/mol. The topological polar surface area (TPSA) is 0 Å². The maximum absolute atomic E-state index is 14.6. The van der Waals surface area contributed by atoms with Crippen LogP contribution in [0.3, 0.4) is 0 Å². The smallest absolute Gasteiger partial charge is 0.162 e. The molecule has 0 heterocycles. The first kappa shape index (κ1) is 59.9. The van der Waals surface area contributed by atoms with E-state index in [1.165, 1.54) is 148 Å². The van der Waals surface area contributed by atoms with Crippen molar-refractivity contribution < 1.29 is 26.3 Å². The van der Waals surface area contributed by atoms with Crippen LogP contribution in [-0.2, 0) is 12.8 Å². The van der Waals surface area contributed by atoms with Crippen LogP contribution >= 0.6 is 0 Å². The summed E-state index contributed by atoms with van der Waals surface area (Å²) in [4.78, 5) is 0. The van der Waals surface area contributed by atoms with E-state index >= 15 is 0 Å². The van der Waals surface area contributed by atoms with Gasteiger partial charge in [-0.15, -0.1) is 0 Å². The van der Waals surface area contributed by atoms with Crippen LogP contribution in [0.1, 0.15) is 285 Å². The van der Waals surface area contributed by atoms with Gasteiger partial charge in [0.05, 0.1) is 0 Å². The van der Waals surface area contributed by atoms with Gasteiger partial charge in [-0.1, -0.05) is 154 Å². The third kappa shape index (κ3) is 16.0. The van der Waals surface area contributed by atoms with Gasteiger partial charge < -0.3 is 0 Å². The molecule has 0 radical (unpaired) electrons. The van der Waals surface area contributed by atoms with Gasteiger partial charge in [0, 0.05) is 0 Å². The van der Waals surface area contributed by atoms with Gasteiger partial charge in [-0.25, -0.2) is 26.3 Å². The lowest BCUT2D eigenvalue weighted by Gasteiger charge is -2.38. The van der Waals surface area contributed by atoms with Crippen molar-refractivity contribution in [3.8, 4) is 0 Å². The molecule has 0 amide bonds. The lowest BCUT2D eigenvalue weighted by atomic mass is 9.68. The van der Waals surface area contributed by atoms with E-state index in [9.17, 15) is 26.3 Å². The fraction of sp³-hybridized carbons (Fsp3) is 0.739. The Bertz CT molecular complexity index is 2130. The molecule has 6 aliphatic carbocycles. The fourth-order valence-corrected chi connectivity index (χ4v) is 16.2. The number of aryl methyl sites for hydroxylation is 3. The van der Waals surface area contributed by atoms with E-state index < -0.39 is 34.9 Å². The van der Waals surface area contributed by atoms with E-state index in [0.29, 0.717) is 46.2 Å². The zero-order valence-corrected chi connectivity index (χ0v) is 48.0. The molecule has 6 aliphatic rings. The van der Waals surface area contributed by atoms with Crippen LogP contribution in [0, 0.1) is 95.1 Å². The highest BCUT2D eigenvalue weighted by molar-refractivity contribution is 5.31. The number of rotatable bonds is 15. The first-order valence-electron chi connectivity index (χ1n) is 31.7. The van der Waals surface area contributed by atoms with Gasteiger partial charge in [-0.2, -0.15) is 0 Å². The molecule has 0 bridgehead atoms. The van der Waals surface area contributed by atoms with Crippen molar-refractivity contribution in [1.82, 2.24) is 0 Å². The van der Waals surface area contributed by atoms with Crippen molar-refractivity contribution in [2.45, 2.75) is 271 Å². The molecule has 0 N–H and O–H groups in total. The molecule has 6 heteroatoms. The maximum Gasteiger partial charge on any atom is 0.162 e. The zero-order valence-electron chi connectivity index (χ0n) is 48.0. The molecule has 420 valence electrons. The summed E-state index contributed by atoms with van der Waals surface area (Å²) in [5.41, 5.74) is 3.35. The largest absolute Gasteiger partial charge is 0.203 e. The van der Waals surface area contributed by atoms with E-state index in [4.69, 9.17) is 0 Å². The molecule has 0 aliphatic heterocycles. The van der Waals surface area contributed by atoms with E-state index in [2.05, 4.69) is 20.8 Å². The molecule has 3 aromatic rings. The van der Waals surface area contributed by atoms with Crippen molar-refractivity contribution >= 4 is 0 Å². The Morgan fingerprint density at radius 1 is 0.307 bits per heavy atom. The first-order chi connectivity index (χ1) is 36.4. The fourth-order valence-electron chi connectivity index (χ4n) is 16.2. The van der Waals surface area contributed by atoms with Crippen molar-refractivity contribution in [2.75, 3.05) is 0 Å². The van der Waals surface area contributed by atoms with E-state index in [0.717, 1.165) is 105 Å². The molecule has 0 atom stereocenters. The summed E-state index contributed by atoms with van der Waals surface area (Å²) in [5, 5.41) is 0. The second kappa shape index (κ2) is 30.0. The quantitative estimate of drug-likeness (QED) is 0.133. The Morgan fingerprint density at radius 3 is 0.880 bits per heavy atom. The van der Waals surface area contributed by atoms with Gasteiger partial charge in [0.25, 0.3) is 0 Å². The Kier molecular flexibility index (Phi) is 24.0. The Balaban J connectivity index is 0.000000164. The van der Waals surface area contributed by atoms with Gasteiger partial charge in [0.2, 0.25) is 0 Å². The Morgan fingerprint density at radius 2 is 0.587 bits per heavy atom. The minimum atomic E-state index is -0.649. The van der Waals surface area contributed by atoms with Crippen molar-refractivity contribution in [3.63, 3.8) is 0 Å². The molecule has 0 nitrogen and oxygen atoms in total. The van der Waals surface area contributed by atoms with E-state index in [1.54, 1.807) is 13.0 Å². The molecule has 3 aromatic carbocycles. The summed E-state index contributed by atoms with van der Waals surface area (Å²) < 4.78 is 85.7. The average Bonchev–Trinajstić information content (AvgIpc) is 3.44. The number of hydrogen-bond donors (Lipinski definition) is 0. The minimum Gasteiger partial charge on any atom is -0.203 e. The molecular formula is C69H102F6. The predicted molar refractivity (Wildman–Crippen MR) is 302 cm³/mol. The van der Waals surface area contributed by atoms with Gasteiger partial charge in [0.1, 0.15) is 0 Å². The number of hydrogen-bond acceptors (Lipinski definition) is 0. The molecule has 0 saturated heterocycles. The summed E-state index contributed by atoms with van der Waals surface area (Å²) >= 11 is 0. The highest BCUT2D eigenvalue weighted by atomic mass is 19.2. The van der Waals surface area contributed by atoms with Crippen LogP contribution < -0.4 is 0 Å². The van der Waals surface area contributed by atoms with Crippen molar-refractivity contribution in [3.05, 3.63) is 105 Å². The van der Waals surface area contributed by atoms with Crippen molar-refractivity contribution in [1.29, 1.82) is 0 Å². The number of benzene rings is 3. The summed E-state index contributed by atoms with van der Waals surface area (Å²) in [7, 11) is 0. The molecule has 0 aromatic heterocycles. The lowest BCUT2D eigenvalue weighted by Crippen LogP contribution is -2.25. The SMILES string of the molecule is CCCC1CCC(C2CCC(c3ccc(C)c(F)c3F)CC2)CC1.CCCc1ccc(C2CCC(C3CCC(CC)CC3)CC2)c(F)c1F.CCCc1ccc(C2CCC(C3CCC(CCC)CC3)CC2)c(F)c1F. The van der Waals surface area contributed by atoms with Crippen LogP contribution in [0.15, 0.2) is 36.4 Å².